The number of carbonyl (C=O) groups is 1. The molecule has 0 heterocycles. The number of aliphatic hydroxyl groups is 1. The monoisotopic (exact) mass is 292 g/mol. The van der Waals surface area contributed by atoms with Gasteiger partial charge in [-0.3, -0.25) is 4.79 Å². The van der Waals surface area contributed by atoms with Gasteiger partial charge in [-0.05, 0) is 24.3 Å². The van der Waals surface area contributed by atoms with Gasteiger partial charge in [-0.15, -0.1) is 0 Å². The highest BCUT2D eigenvalue weighted by atomic mass is 19.4. The highest BCUT2D eigenvalue weighted by Gasteiger charge is 2.30. The third kappa shape index (κ3) is 5.45. The average Bonchev–Trinajstić information content (AvgIpc) is 2.41. The van der Waals surface area contributed by atoms with Crippen LogP contribution in [0.25, 0.3) is 0 Å². The van der Waals surface area contributed by atoms with E-state index >= 15 is 0 Å². The molecule has 1 atom stereocenters. The quantitative estimate of drug-likeness (QED) is 0.713. The van der Waals surface area contributed by atoms with Crippen molar-refractivity contribution in [1.29, 1.82) is 0 Å². The molecule has 1 unspecified atom stereocenters. The van der Waals surface area contributed by atoms with Crippen LogP contribution in [-0.2, 0) is 11.0 Å². The summed E-state index contributed by atoms with van der Waals surface area (Å²) in [5.74, 6) is -0.221. The van der Waals surface area contributed by atoms with Crippen LogP contribution in [0.15, 0.2) is 24.3 Å². The zero-order chi connectivity index (χ0) is 15.2. The topological polar surface area (TPSA) is 84.6 Å². The van der Waals surface area contributed by atoms with E-state index in [0.29, 0.717) is 0 Å². The summed E-state index contributed by atoms with van der Waals surface area (Å²) in [4.78, 5) is 10.8. The number of hydrogen-bond acceptors (Lipinski definition) is 4. The molecule has 1 aromatic rings. The Morgan fingerprint density at radius 2 is 1.95 bits per heavy atom. The number of alkyl halides is 3. The molecule has 0 bridgehead atoms. The lowest BCUT2D eigenvalue weighted by molar-refractivity contribution is -0.137. The van der Waals surface area contributed by atoms with Gasteiger partial charge in [-0.2, -0.15) is 13.2 Å². The van der Waals surface area contributed by atoms with Crippen LogP contribution in [0.5, 0.6) is 5.75 Å². The molecule has 0 aromatic heterocycles. The molecule has 1 aromatic carbocycles. The van der Waals surface area contributed by atoms with Crippen LogP contribution in [0.2, 0.25) is 0 Å². The minimum absolute atomic E-state index is 0.0450. The third-order valence-corrected chi connectivity index (χ3v) is 2.34. The van der Waals surface area contributed by atoms with E-state index in [4.69, 9.17) is 10.5 Å². The number of ether oxygens (including phenoxy) is 1. The first-order chi connectivity index (χ1) is 9.32. The summed E-state index contributed by atoms with van der Waals surface area (Å²) in [7, 11) is 0. The van der Waals surface area contributed by atoms with E-state index in [1.54, 1.807) is 0 Å². The number of nitrogens with one attached hydrogen (secondary N) is 1. The lowest BCUT2D eigenvalue weighted by Gasteiger charge is -2.13. The molecule has 8 heteroatoms. The smallest absolute Gasteiger partial charge is 0.416 e. The van der Waals surface area contributed by atoms with Crippen molar-refractivity contribution in [1.82, 2.24) is 5.32 Å². The first-order valence-corrected chi connectivity index (χ1v) is 5.78. The van der Waals surface area contributed by atoms with Gasteiger partial charge in [0.25, 0.3) is 0 Å². The Kier molecular flexibility index (Phi) is 5.78. The van der Waals surface area contributed by atoms with E-state index in [9.17, 15) is 23.1 Å². The fourth-order valence-corrected chi connectivity index (χ4v) is 1.30. The summed E-state index contributed by atoms with van der Waals surface area (Å²) in [6, 6.07) is 4.10. The second-order valence-corrected chi connectivity index (χ2v) is 4.00. The van der Waals surface area contributed by atoms with Crippen molar-refractivity contribution in [3.8, 4) is 5.75 Å². The van der Waals surface area contributed by atoms with Crippen LogP contribution in [0.1, 0.15) is 5.56 Å². The fourth-order valence-electron chi connectivity index (χ4n) is 1.30. The molecule has 0 aliphatic carbocycles. The van der Waals surface area contributed by atoms with Gasteiger partial charge in [0, 0.05) is 6.54 Å². The van der Waals surface area contributed by atoms with E-state index in [1.165, 1.54) is 0 Å². The highest BCUT2D eigenvalue weighted by Crippen LogP contribution is 2.30. The molecule has 5 nitrogen and oxygen atoms in total. The SMILES string of the molecule is NCC(=O)NCC(O)COc1ccc(C(F)(F)F)cc1. The summed E-state index contributed by atoms with van der Waals surface area (Å²) in [5.41, 5.74) is 4.28. The van der Waals surface area contributed by atoms with E-state index in [2.05, 4.69) is 5.32 Å². The van der Waals surface area contributed by atoms with Crippen LogP contribution in [0, 0.1) is 0 Å². The second-order valence-electron chi connectivity index (χ2n) is 4.00. The van der Waals surface area contributed by atoms with Gasteiger partial charge in [0.15, 0.2) is 0 Å². The molecule has 0 aliphatic rings. The molecule has 0 radical (unpaired) electrons. The summed E-state index contributed by atoms with van der Waals surface area (Å²) >= 11 is 0. The van der Waals surface area contributed by atoms with E-state index in [-0.39, 0.29) is 25.4 Å². The molecular formula is C12H15F3N2O3. The van der Waals surface area contributed by atoms with Crippen LogP contribution >= 0.6 is 0 Å². The summed E-state index contributed by atoms with van der Waals surface area (Å²) in [6.45, 7) is -0.390. The second kappa shape index (κ2) is 7.11. The van der Waals surface area contributed by atoms with Gasteiger partial charge in [0.1, 0.15) is 18.5 Å². The number of hydrogen-bond donors (Lipinski definition) is 3. The number of aliphatic hydroxyl groups excluding tert-OH is 1. The summed E-state index contributed by atoms with van der Waals surface area (Å²) in [6.07, 6.45) is -5.38. The van der Waals surface area contributed by atoms with E-state index < -0.39 is 23.8 Å². The highest BCUT2D eigenvalue weighted by molar-refractivity contribution is 5.77. The Morgan fingerprint density at radius 3 is 2.45 bits per heavy atom. The molecular weight excluding hydrogens is 277 g/mol. The van der Waals surface area contributed by atoms with Crippen molar-refractivity contribution in [2.24, 2.45) is 5.73 Å². The first kappa shape index (κ1) is 16.3. The zero-order valence-electron chi connectivity index (χ0n) is 10.5. The van der Waals surface area contributed by atoms with Crippen molar-refractivity contribution in [3.63, 3.8) is 0 Å². The van der Waals surface area contributed by atoms with Gasteiger partial charge in [0.2, 0.25) is 5.91 Å². The Balaban J connectivity index is 2.40. The Hall–Kier alpha value is -1.80. The van der Waals surface area contributed by atoms with E-state index in [0.717, 1.165) is 24.3 Å². The van der Waals surface area contributed by atoms with Crippen LogP contribution in [0.3, 0.4) is 0 Å². The Morgan fingerprint density at radius 1 is 1.35 bits per heavy atom. The molecule has 112 valence electrons. The minimum Gasteiger partial charge on any atom is -0.491 e. The van der Waals surface area contributed by atoms with Crippen molar-refractivity contribution in [2.75, 3.05) is 19.7 Å². The average molecular weight is 292 g/mol. The lowest BCUT2D eigenvalue weighted by Crippen LogP contribution is -2.38. The third-order valence-electron chi connectivity index (χ3n) is 2.34. The molecule has 0 spiro atoms. The molecule has 20 heavy (non-hydrogen) atoms. The summed E-state index contributed by atoms with van der Waals surface area (Å²) < 4.78 is 42.0. The molecule has 1 rings (SSSR count). The maximum Gasteiger partial charge on any atom is 0.416 e. The number of rotatable bonds is 6. The van der Waals surface area contributed by atoms with Gasteiger partial charge < -0.3 is 20.9 Å². The van der Waals surface area contributed by atoms with Crippen molar-refractivity contribution >= 4 is 5.91 Å². The van der Waals surface area contributed by atoms with Gasteiger partial charge in [-0.1, -0.05) is 0 Å². The predicted molar refractivity (Wildman–Crippen MR) is 65.0 cm³/mol. The molecule has 0 saturated carbocycles. The maximum absolute atomic E-state index is 12.3. The Labute approximate surface area is 113 Å². The number of carbonyl (C=O) groups excluding carboxylic acids is 1. The largest absolute Gasteiger partial charge is 0.491 e. The molecule has 0 saturated heterocycles. The number of nitrogens with two attached hydrogens (primary N) is 1. The van der Waals surface area contributed by atoms with Crippen LogP contribution in [0.4, 0.5) is 13.2 Å². The van der Waals surface area contributed by atoms with Gasteiger partial charge in [-0.25, -0.2) is 0 Å². The number of benzene rings is 1. The fraction of sp³-hybridized carbons (Fsp3) is 0.417. The standard InChI is InChI=1S/C12H15F3N2O3/c13-12(14,15)8-1-3-10(4-2-8)20-7-9(18)6-17-11(19)5-16/h1-4,9,18H,5-7,16H2,(H,17,19). The molecule has 0 fully saturated rings. The Bertz CT molecular complexity index is 435. The number of halogens is 3. The van der Waals surface area contributed by atoms with Crippen LogP contribution < -0.4 is 15.8 Å². The summed E-state index contributed by atoms with van der Waals surface area (Å²) in [5, 5.41) is 11.8. The van der Waals surface area contributed by atoms with Gasteiger partial charge in [0.05, 0.1) is 12.1 Å². The minimum atomic E-state index is -4.40. The van der Waals surface area contributed by atoms with Gasteiger partial charge >= 0.3 is 6.18 Å². The molecule has 4 N–H and O–H groups in total. The van der Waals surface area contributed by atoms with Crippen molar-refractivity contribution in [2.45, 2.75) is 12.3 Å². The van der Waals surface area contributed by atoms with Crippen molar-refractivity contribution in [3.05, 3.63) is 29.8 Å². The van der Waals surface area contributed by atoms with E-state index in [1.807, 2.05) is 0 Å². The first-order valence-electron chi connectivity index (χ1n) is 5.78. The lowest BCUT2D eigenvalue weighted by atomic mass is 10.2. The number of amides is 1. The van der Waals surface area contributed by atoms with Crippen molar-refractivity contribution < 1.29 is 27.8 Å². The maximum atomic E-state index is 12.3. The molecule has 1 amide bonds. The predicted octanol–water partition coefficient (Wildman–Crippen LogP) is 0.520. The van der Waals surface area contributed by atoms with Crippen LogP contribution in [-0.4, -0.2) is 36.8 Å². The zero-order valence-corrected chi connectivity index (χ0v) is 10.5. The normalized spacial score (nSPS) is 12.8. The molecule has 0 aliphatic heterocycles.